The van der Waals surface area contributed by atoms with E-state index in [1.807, 2.05) is 18.4 Å². The zero-order valence-corrected chi connectivity index (χ0v) is 16.1. The summed E-state index contributed by atoms with van der Waals surface area (Å²) in [7, 11) is 1.58. The van der Waals surface area contributed by atoms with E-state index in [2.05, 4.69) is 10.2 Å². The number of thioether (sulfide) groups is 1. The molecule has 0 bridgehead atoms. The Morgan fingerprint density at radius 1 is 1.42 bits per heavy atom. The quantitative estimate of drug-likeness (QED) is 0.692. The van der Waals surface area contributed by atoms with Crippen molar-refractivity contribution in [1.29, 1.82) is 0 Å². The topological polar surface area (TPSA) is 109 Å². The third-order valence-corrected chi connectivity index (χ3v) is 5.28. The highest BCUT2D eigenvalue weighted by atomic mass is 32.2. The van der Waals surface area contributed by atoms with Gasteiger partial charge in [0.1, 0.15) is 6.33 Å². The van der Waals surface area contributed by atoms with Crippen LogP contribution in [0.3, 0.4) is 0 Å². The maximum atomic E-state index is 12.4. The number of rotatable bonds is 7. The van der Waals surface area contributed by atoms with E-state index >= 15 is 0 Å². The summed E-state index contributed by atoms with van der Waals surface area (Å²) in [5.41, 5.74) is 0. The average Bonchev–Trinajstić information content (AvgIpc) is 3.08. The lowest BCUT2D eigenvalue weighted by Gasteiger charge is -2.32. The van der Waals surface area contributed by atoms with Gasteiger partial charge < -0.3 is 19.5 Å². The molecule has 144 valence electrons. The second-order valence-electron chi connectivity index (χ2n) is 6.67. The monoisotopic (exact) mass is 383 g/mol. The largest absolute Gasteiger partial charge is 0.481 e. The number of carboxylic acid groups (broad SMARTS) is 1. The Balaban J connectivity index is 1.83. The zero-order valence-electron chi connectivity index (χ0n) is 15.3. The summed E-state index contributed by atoms with van der Waals surface area (Å²) in [6, 6.07) is 0.197. The minimum absolute atomic E-state index is 0.0530. The Kier molecular flexibility index (Phi) is 7.01. The molecule has 9 nitrogen and oxygen atoms in total. The van der Waals surface area contributed by atoms with Gasteiger partial charge in [-0.3, -0.25) is 14.4 Å². The highest BCUT2D eigenvalue weighted by molar-refractivity contribution is 7.99. The number of hydrogen-bond donors (Lipinski definition) is 1. The lowest BCUT2D eigenvalue weighted by atomic mass is 9.98. The van der Waals surface area contributed by atoms with Gasteiger partial charge in [0.25, 0.3) is 0 Å². The van der Waals surface area contributed by atoms with Crippen LogP contribution in [0.25, 0.3) is 0 Å². The summed E-state index contributed by atoms with van der Waals surface area (Å²) >= 11 is 1.28. The van der Waals surface area contributed by atoms with E-state index < -0.39 is 11.9 Å². The number of carboxylic acids is 1. The van der Waals surface area contributed by atoms with Gasteiger partial charge in [-0.15, -0.1) is 10.2 Å². The molecule has 1 aliphatic rings. The first-order valence-electron chi connectivity index (χ1n) is 8.56. The molecule has 1 saturated heterocycles. The van der Waals surface area contributed by atoms with Crippen molar-refractivity contribution in [2.45, 2.75) is 37.9 Å². The Bertz CT molecular complexity index is 663. The first-order valence-corrected chi connectivity index (χ1v) is 9.55. The molecular weight excluding hydrogens is 358 g/mol. The number of piperidine rings is 1. The van der Waals surface area contributed by atoms with Crippen LogP contribution in [0.5, 0.6) is 0 Å². The molecule has 2 amide bonds. The van der Waals surface area contributed by atoms with Crippen LogP contribution in [0.2, 0.25) is 0 Å². The molecule has 0 radical (unpaired) electrons. The van der Waals surface area contributed by atoms with E-state index in [0.717, 1.165) is 0 Å². The Morgan fingerprint density at radius 3 is 2.81 bits per heavy atom. The molecule has 0 aromatic carbocycles. The van der Waals surface area contributed by atoms with E-state index in [1.54, 1.807) is 13.4 Å². The summed E-state index contributed by atoms with van der Waals surface area (Å²) in [5, 5.41) is 17.6. The summed E-state index contributed by atoms with van der Waals surface area (Å²) in [6.45, 7) is 4.70. The Morgan fingerprint density at radius 2 is 2.15 bits per heavy atom. The first-order chi connectivity index (χ1) is 12.3. The SMILES string of the molecule is CC(C)n1cnnc1SCC(=O)N(C)CC(=O)N1CCCC(C(=O)O)C1. The Hall–Kier alpha value is -2.10. The van der Waals surface area contributed by atoms with E-state index in [9.17, 15) is 14.4 Å². The van der Waals surface area contributed by atoms with Crippen LogP contribution in [-0.4, -0.2) is 79.9 Å². The van der Waals surface area contributed by atoms with Gasteiger partial charge in [0, 0.05) is 26.2 Å². The minimum atomic E-state index is -0.877. The van der Waals surface area contributed by atoms with Crippen LogP contribution in [0.15, 0.2) is 11.5 Å². The second kappa shape index (κ2) is 9.02. The fraction of sp³-hybridized carbons (Fsp3) is 0.688. The van der Waals surface area contributed by atoms with E-state index in [-0.39, 0.29) is 36.7 Å². The van der Waals surface area contributed by atoms with Crippen molar-refractivity contribution < 1.29 is 19.5 Å². The van der Waals surface area contributed by atoms with Crippen LogP contribution in [0.4, 0.5) is 0 Å². The van der Waals surface area contributed by atoms with Crippen molar-refractivity contribution in [1.82, 2.24) is 24.6 Å². The van der Waals surface area contributed by atoms with Gasteiger partial charge >= 0.3 is 5.97 Å². The number of aromatic nitrogens is 3. The van der Waals surface area contributed by atoms with Crippen LogP contribution in [0, 0.1) is 5.92 Å². The number of aliphatic carboxylic acids is 1. The van der Waals surface area contributed by atoms with Gasteiger partial charge in [0.05, 0.1) is 18.2 Å². The van der Waals surface area contributed by atoms with E-state index in [0.29, 0.717) is 24.5 Å². The van der Waals surface area contributed by atoms with E-state index in [4.69, 9.17) is 5.11 Å². The van der Waals surface area contributed by atoms with Crippen LogP contribution < -0.4 is 0 Å². The van der Waals surface area contributed by atoms with Gasteiger partial charge in [-0.2, -0.15) is 0 Å². The molecule has 2 rings (SSSR count). The van der Waals surface area contributed by atoms with Gasteiger partial charge in [0.15, 0.2) is 5.16 Å². The molecular formula is C16H25N5O4S. The average molecular weight is 383 g/mol. The van der Waals surface area contributed by atoms with Crippen LogP contribution in [0.1, 0.15) is 32.7 Å². The molecule has 0 spiro atoms. The third-order valence-electron chi connectivity index (χ3n) is 4.34. The fourth-order valence-electron chi connectivity index (χ4n) is 2.72. The molecule has 1 atom stereocenters. The number of likely N-dealkylation sites (tertiary alicyclic amines) is 1. The number of amides is 2. The molecule has 0 aliphatic carbocycles. The van der Waals surface area contributed by atoms with Crippen LogP contribution >= 0.6 is 11.8 Å². The normalized spacial score (nSPS) is 17.4. The number of hydrogen-bond acceptors (Lipinski definition) is 6. The van der Waals surface area contributed by atoms with Crippen molar-refractivity contribution in [3.63, 3.8) is 0 Å². The second-order valence-corrected chi connectivity index (χ2v) is 7.61. The number of likely N-dealkylation sites (N-methyl/N-ethyl adjacent to an activating group) is 1. The fourth-order valence-corrected chi connectivity index (χ4v) is 3.71. The highest BCUT2D eigenvalue weighted by Gasteiger charge is 2.29. The van der Waals surface area contributed by atoms with Crippen molar-refractivity contribution in [3.8, 4) is 0 Å². The lowest BCUT2D eigenvalue weighted by molar-refractivity contribution is -0.147. The van der Waals surface area contributed by atoms with Crippen molar-refractivity contribution in [3.05, 3.63) is 6.33 Å². The molecule has 1 aliphatic heterocycles. The molecule has 2 heterocycles. The molecule has 1 unspecified atom stereocenters. The molecule has 26 heavy (non-hydrogen) atoms. The van der Waals surface area contributed by atoms with Crippen LogP contribution in [-0.2, 0) is 14.4 Å². The molecule has 0 saturated carbocycles. The standard InChI is InChI=1S/C16H25N5O4S/c1-11(2)21-10-17-18-16(21)26-9-14(23)19(3)8-13(22)20-6-4-5-12(7-20)15(24)25/h10-12H,4-9H2,1-3H3,(H,24,25). The van der Waals surface area contributed by atoms with Gasteiger partial charge in [0.2, 0.25) is 11.8 Å². The lowest BCUT2D eigenvalue weighted by Crippen LogP contribution is -2.47. The van der Waals surface area contributed by atoms with Gasteiger partial charge in [-0.05, 0) is 26.7 Å². The first kappa shape index (κ1) is 20.2. The molecule has 10 heteroatoms. The third kappa shape index (κ3) is 5.20. The maximum absolute atomic E-state index is 12.4. The Labute approximate surface area is 156 Å². The number of nitrogens with zero attached hydrogens (tertiary/aromatic N) is 5. The van der Waals surface area contributed by atoms with E-state index in [1.165, 1.54) is 21.6 Å². The molecule has 1 aromatic rings. The minimum Gasteiger partial charge on any atom is -0.481 e. The van der Waals surface area contributed by atoms with Gasteiger partial charge in [-0.1, -0.05) is 11.8 Å². The summed E-state index contributed by atoms with van der Waals surface area (Å²) in [5.74, 6) is -1.65. The predicted octanol–water partition coefficient (Wildman–Crippen LogP) is 0.733. The smallest absolute Gasteiger partial charge is 0.308 e. The summed E-state index contributed by atoms with van der Waals surface area (Å²) in [4.78, 5) is 38.7. The zero-order chi connectivity index (χ0) is 19.3. The van der Waals surface area contributed by atoms with Crippen molar-refractivity contribution >= 4 is 29.5 Å². The predicted molar refractivity (Wildman–Crippen MR) is 95.7 cm³/mol. The molecule has 1 fully saturated rings. The number of carbonyl (C=O) groups is 3. The summed E-state index contributed by atoms with van der Waals surface area (Å²) < 4.78 is 1.88. The van der Waals surface area contributed by atoms with Crippen molar-refractivity contribution in [2.75, 3.05) is 32.4 Å². The van der Waals surface area contributed by atoms with Crippen molar-refractivity contribution in [2.24, 2.45) is 5.92 Å². The molecule has 1 N–H and O–H groups in total. The maximum Gasteiger partial charge on any atom is 0.308 e. The molecule has 1 aromatic heterocycles. The summed E-state index contributed by atoms with van der Waals surface area (Å²) in [6.07, 6.45) is 2.88. The van der Waals surface area contributed by atoms with Gasteiger partial charge in [-0.25, -0.2) is 0 Å². The highest BCUT2D eigenvalue weighted by Crippen LogP contribution is 2.19. The number of carbonyl (C=O) groups excluding carboxylic acids is 2.